The van der Waals surface area contributed by atoms with Crippen LogP contribution < -0.4 is 0 Å². The normalized spacial score (nSPS) is 14.9. The Kier molecular flexibility index (Phi) is 7.79. The van der Waals surface area contributed by atoms with E-state index in [-0.39, 0.29) is 23.1 Å². The highest BCUT2D eigenvalue weighted by molar-refractivity contribution is 5.99. The predicted molar refractivity (Wildman–Crippen MR) is 146 cm³/mol. The van der Waals surface area contributed by atoms with E-state index in [1.165, 1.54) is 0 Å². The van der Waals surface area contributed by atoms with Gasteiger partial charge in [0.15, 0.2) is 5.78 Å². The Balaban J connectivity index is 1.37. The number of piperazine rings is 1. The standard InChI is InChI=1S/C31H39N3O2/c1-23-20-27(24(2)34(23)31(3,4)5)29(35)22-32-16-18-33(19-17-32)30(36)21-28(25-12-8-6-9-13-25)26-14-10-7-11-15-26/h6-15,20,28H,16-19,21-22H2,1-5H3. The second-order valence-corrected chi connectivity index (χ2v) is 10.9. The van der Waals surface area contributed by atoms with Gasteiger partial charge in [-0.3, -0.25) is 14.5 Å². The van der Waals surface area contributed by atoms with Crippen molar-refractivity contribution in [2.45, 2.75) is 52.5 Å². The molecule has 36 heavy (non-hydrogen) atoms. The van der Waals surface area contributed by atoms with Gasteiger partial charge in [0.1, 0.15) is 0 Å². The number of hydrogen-bond acceptors (Lipinski definition) is 3. The number of aryl methyl sites for hydroxylation is 1. The number of benzene rings is 2. The molecule has 0 atom stereocenters. The topological polar surface area (TPSA) is 45.6 Å². The van der Waals surface area contributed by atoms with Crippen molar-refractivity contribution in [1.29, 1.82) is 0 Å². The van der Waals surface area contributed by atoms with E-state index in [0.717, 1.165) is 41.2 Å². The first-order valence-corrected chi connectivity index (χ1v) is 13.0. The van der Waals surface area contributed by atoms with Gasteiger partial charge in [0.2, 0.25) is 5.91 Å². The number of hydrogen-bond donors (Lipinski definition) is 0. The monoisotopic (exact) mass is 485 g/mol. The van der Waals surface area contributed by atoms with E-state index in [4.69, 9.17) is 0 Å². The molecule has 0 unspecified atom stereocenters. The molecule has 1 fully saturated rings. The fourth-order valence-electron chi connectivity index (χ4n) is 5.62. The number of rotatable bonds is 7. The lowest BCUT2D eigenvalue weighted by Crippen LogP contribution is -2.50. The summed E-state index contributed by atoms with van der Waals surface area (Å²) in [5.74, 6) is 0.372. The molecule has 0 N–H and O–H groups in total. The smallest absolute Gasteiger partial charge is 0.223 e. The van der Waals surface area contributed by atoms with Crippen LogP contribution >= 0.6 is 0 Å². The summed E-state index contributed by atoms with van der Waals surface area (Å²) in [5, 5.41) is 0. The zero-order chi connectivity index (χ0) is 25.9. The van der Waals surface area contributed by atoms with Gasteiger partial charge >= 0.3 is 0 Å². The van der Waals surface area contributed by atoms with Crippen molar-refractivity contribution in [1.82, 2.24) is 14.4 Å². The van der Waals surface area contributed by atoms with Crippen molar-refractivity contribution >= 4 is 11.7 Å². The van der Waals surface area contributed by atoms with Crippen molar-refractivity contribution in [2.75, 3.05) is 32.7 Å². The third-order valence-corrected chi connectivity index (χ3v) is 7.28. The van der Waals surface area contributed by atoms with Gasteiger partial charge in [0.25, 0.3) is 0 Å². The number of carbonyl (C=O) groups is 2. The predicted octanol–water partition coefficient (Wildman–Crippen LogP) is 5.41. The summed E-state index contributed by atoms with van der Waals surface area (Å²) in [6.07, 6.45) is 0.450. The van der Waals surface area contributed by atoms with Crippen LogP contribution in [0.5, 0.6) is 0 Å². The van der Waals surface area contributed by atoms with Crippen LogP contribution in [0.2, 0.25) is 0 Å². The second kappa shape index (κ2) is 10.8. The van der Waals surface area contributed by atoms with E-state index in [9.17, 15) is 9.59 Å². The molecule has 5 nitrogen and oxygen atoms in total. The van der Waals surface area contributed by atoms with Crippen LogP contribution in [0.4, 0.5) is 0 Å². The third-order valence-electron chi connectivity index (χ3n) is 7.28. The number of Topliss-reactive ketones (excluding diaryl/α,β-unsaturated/α-hetero) is 1. The van der Waals surface area contributed by atoms with Crippen LogP contribution in [0.3, 0.4) is 0 Å². The average molecular weight is 486 g/mol. The number of carbonyl (C=O) groups excluding carboxylic acids is 2. The van der Waals surface area contributed by atoms with Gasteiger partial charge in [-0.25, -0.2) is 0 Å². The highest BCUT2D eigenvalue weighted by Gasteiger charge is 2.28. The largest absolute Gasteiger partial charge is 0.343 e. The van der Waals surface area contributed by atoms with Gasteiger partial charge < -0.3 is 9.47 Å². The summed E-state index contributed by atoms with van der Waals surface area (Å²) in [6.45, 7) is 13.7. The van der Waals surface area contributed by atoms with Crippen LogP contribution in [-0.2, 0) is 10.3 Å². The summed E-state index contributed by atoms with van der Waals surface area (Å²) < 4.78 is 2.24. The summed E-state index contributed by atoms with van der Waals surface area (Å²) in [5.41, 5.74) is 5.23. The van der Waals surface area contributed by atoms with Crippen LogP contribution in [0, 0.1) is 13.8 Å². The Morgan fingerprint density at radius 2 is 1.36 bits per heavy atom. The maximum atomic E-state index is 13.3. The highest BCUT2D eigenvalue weighted by atomic mass is 16.2. The average Bonchev–Trinajstić information content (AvgIpc) is 3.18. The molecule has 1 aliphatic rings. The van der Waals surface area contributed by atoms with Crippen molar-refractivity contribution < 1.29 is 9.59 Å². The maximum Gasteiger partial charge on any atom is 0.223 e. The molecule has 5 heteroatoms. The first kappa shape index (κ1) is 25.9. The molecule has 1 aromatic heterocycles. The number of ketones is 1. The quantitative estimate of drug-likeness (QED) is 0.421. The minimum atomic E-state index is -0.0595. The molecule has 1 saturated heterocycles. The summed E-state index contributed by atoms with van der Waals surface area (Å²) in [4.78, 5) is 30.6. The van der Waals surface area contributed by atoms with Crippen molar-refractivity contribution in [3.8, 4) is 0 Å². The summed E-state index contributed by atoms with van der Waals surface area (Å²) in [7, 11) is 0. The molecule has 1 aliphatic heterocycles. The maximum absolute atomic E-state index is 13.3. The van der Waals surface area contributed by atoms with Gasteiger partial charge in [0, 0.05) is 61.0 Å². The first-order chi connectivity index (χ1) is 17.1. The number of aromatic nitrogens is 1. The molecule has 190 valence electrons. The van der Waals surface area contributed by atoms with Crippen molar-refractivity contribution in [3.05, 3.63) is 94.8 Å². The first-order valence-electron chi connectivity index (χ1n) is 13.0. The second-order valence-electron chi connectivity index (χ2n) is 10.9. The molecular weight excluding hydrogens is 446 g/mol. The summed E-state index contributed by atoms with van der Waals surface area (Å²) >= 11 is 0. The lowest BCUT2D eigenvalue weighted by molar-refractivity contribution is -0.133. The van der Waals surface area contributed by atoms with Gasteiger partial charge in [-0.2, -0.15) is 0 Å². The molecule has 2 aromatic carbocycles. The van der Waals surface area contributed by atoms with Crippen molar-refractivity contribution in [2.24, 2.45) is 0 Å². The molecule has 0 aliphatic carbocycles. The zero-order valence-corrected chi connectivity index (χ0v) is 22.3. The van der Waals surface area contributed by atoms with E-state index >= 15 is 0 Å². The number of amides is 1. The van der Waals surface area contributed by atoms with Crippen LogP contribution in [0.15, 0.2) is 66.7 Å². The summed E-state index contributed by atoms with van der Waals surface area (Å²) in [6, 6.07) is 22.6. The number of nitrogens with zero attached hydrogens (tertiary/aromatic N) is 3. The third kappa shape index (κ3) is 5.79. The van der Waals surface area contributed by atoms with E-state index in [2.05, 4.69) is 61.4 Å². The molecule has 4 rings (SSSR count). The Labute approximate surface area is 215 Å². The van der Waals surface area contributed by atoms with Crippen molar-refractivity contribution in [3.63, 3.8) is 0 Å². The molecule has 2 heterocycles. The molecule has 3 aromatic rings. The van der Waals surface area contributed by atoms with E-state index < -0.39 is 0 Å². The van der Waals surface area contributed by atoms with Gasteiger partial charge in [-0.1, -0.05) is 60.7 Å². The minimum absolute atomic E-state index is 0.0394. The van der Waals surface area contributed by atoms with Crippen LogP contribution in [-0.4, -0.2) is 58.8 Å². The Morgan fingerprint density at radius 3 is 1.83 bits per heavy atom. The fraction of sp³-hybridized carbons (Fsp3) is 0.419. The van der Waals surface area contributed by atoms with Crippen LogP contribution in [0.25, 0.3) is 0 Å². The van der Waals surface area contributed by atoms with Gasteiger partial charge in [-0.05, 0) is 51.8 Å². The molecule has 0 spiro atoms. The van der Waals surface area contributed by atoms with Crippen LogP contribution in [0.1, 0.15) is 66.0 Å². The van der Waals surface area contributed by atoms with Gasteiger partial charge in [0.05, 0.1) is 6.54 Å². The Hall–Kier alpha value is -3.18. The lowest BCUT2D eigenvalue weighted by Gasteiger charge is -2.35. The Morgan fingerprint density at radius 1 is 0.833 bits per heavy atom. The molecule has 0 bridgehead atoms. The molecular formula is C31H39N3O2. The highest BCUT2D eigenvalue weighted by Crippen LogP contribution is 2.29. The minimum Gasteiger partial charge on any atom is -0.343 e. The fourth-order valence-corrected chi connectivity index (χ4v) is 5.62. The molecule has 0 radical (unpaired) electrons. The lowest BCUT2D eigenvalue weighted by atomic mass is 9.88. The molecule has 0 saturated carbocycles. The Bertz CT molecular complexity index is 1140. The molecule has 1 amide bonds. The van der Waals surface area contributed by atoms with E-state index in [1.807, 2.05) is 54.3 Å². The van der Waals surface area contributed by atoms with E-state index in [1.54, 1.807) is 0 Å². The van der Waals surface area contributed by atoms with Gasteiger partial charge in [-0.15, -0.1) is 0 Å². The zero-order valence-electron chi connectivity index (χ0n) is 22.3. The SMILES string of the molecule is Cc1cc(C(=O)CN2CCN(C(=O)CC(c3ccccc3)c3ccccc3)CC2)c(C)n1C(C)(C)C. The van der Waals surface area contributed by atoms with E-state index in [0.29, 0.717) is 26.1 Å².